The maximum absolute atomic E-state index is 12.8. The monoisotopic (exact) mass is 406 g/mol. The first kappa shape index (κ1) is 24.8. The standard InChI is InChI=1S/C26H30O4/c1-5-8-11-13-16-18-22(17-15-12-9-6-2)25-24(29-21(4)27)20-23(30-26(25)28)19-14-10-7-3/h8,11,15-18,20,22H,5,12-14,19H2,1-4H3/b11-8-,17-15-,18-16+. The van der Waals surface area contributed by atoms with Gasteiger partial charge in [-0.3, -0.25) is 4.79 Å². The maximum Gasteiger partial charge on any atom is 0.343 e. The van der Waals surface area contributed by atoms with E-state index in [1.54, 1.807) is 19.9 Å². The first-order valence-corrected chi connectivity index (χ1v) is 10.2. The van der Waals surface area contributed by atoms with Gasteiger partial charge in [-0.15, -0.1) is 17.8 Å². The second kappa shape index (κ2) is 14.7. The topological polar surface area (TPSA) is 56.5 Å². The predicted octanol–water partition coefficient (Wildman–Crippen LogP) is 5.49. The minimum absolute atomic E-state index is 0.225. The number of aryl methyl sites for hydroxylation is 1. The average Bonchev–Trinajstić information content (AvgIpc) is 2.69. The number of hydrogen-bond donors (Lipinski definition) is 0. The van der Waals surface area contributed by atoms with Crippen molar-refractivity contribution in [2.45, 2.75) is 65.7 Å². The summed E-state index contributed by atoms with van der Waals surface area (Å²) in [6.45, 7) is 6.92. The highest BCUT2D eigenvalue weighted by Gasteiger charge is 2.20. The van der Waals surface area contributed by atoms with Crippen molar-refractivity contribution in [3.63, 3.8) is 0 Å². The predicted molar refractivity (Wildman–Crippen MR) is 121 cm³/mol. The van der Waals surface area contributed by atoms with Gasteiger partial charge in [-0.1, -0.05) is 49.3 Å². The molecule has 0 aliphatic carbocycles. The summed E-state index contributed by atoms with van der Waals surface area (Å²) in [7, 11) is 0. The van der Waals surface area contributed by atoms with Crippen molar-refractivity contribution < 1.29 is 13.9 Å². The molecule has 0 aliphatic rings. The van der Waals surface area contributed by atoms with E-state index in [2.05, 4.69) is 42.8 Å². The van der Waals surface area contributed by atoms with E-state index in [1.165, 1.54) is 6.92 Å². The second-order valence-corrected chi connectivity index (χ2v) is 6.43. The molecule has 1 aromatic rings. The molecular formula is C26H30O4. The zero-order chi connectivity index (χ0) is 22.2. The first-order chi connectivity index (χ1) is 14.5. The number of ether oxygens (including phenoxy) is 1. The third-order valence-electron chi connectivity index (χ3n) is 4.02. The summed E-state index contributed by atoms with van der Waals surface area (Å²) in [6.07, 6.45) is 15.1. The number of carbonyl (C=O) groups is 1. The van der Waals surface area contributed by atoms with E-state index < -0.39 is 17.5 Å². The SMILES string of the molecule is CC#CC/C=C\C(/C=C/C/C=C\CC)c1c(OC(C)=O)cc(CCC#CC)oc1=O. The van der Waals surface area contributed by atoms with Crippen molar-refractivity contribution in [3.05, 3.63) is 64.3 Å². The summed E-state index contributed by atoms with van der Waals surface area (Å²) in [5.74, 6) is 11.3. The van der Waals surface area contributed by atoms with Crippen LogP contribution < -0.4 is 10.4 Å². The molecule has 1 heterocycles. The third kappa shape index (κ3) is 9.30. The van der Waals surface area contributed by atoms with Crippen LogP contribution in [0.2, 0.25) is 0 Å². The summed E-state index contributed by atoms with van der Waals surface area (Å²) >= 11 is 0. The zero-order valence-electron chi connectivity index (χ0n) is 18.3. The normalized spacial score (nSPS) is 11.9. The van der Waals surface area contributed by atoms with E-state index >= 15 is 0 Å². The zero-order valence-corrected chi connectivity index (χ0v) is 18.3. The Balaban J connectivity index is 3.37. The number of rotatable bonds is 10. The second-order valence-electron chi connectivity index (χ2n) is 6.43. The molecule has 0 fully saturated rings. The highest BCUT2D eigenvalue weighted by atomic mass is 16.5. The largest absolute Gasteiger partial charge is 0.427 e. The average molecular weight is 407 g/mol. The van der Waals surface area contributed by atoms with Gasteiger partial charge in [0, 0.05) is 38.2 Å². The molecule has 0 amide bonds. The van der Waals surface area contributed by atoms with Gasteiger partial charge in [0.1, 0.15) is 11.5 Å². The van der Waals surface area contributed by atoms with Gasteiger partial charge in [-0.05, 0) is 26.7 Å². The van der Waals surface area contributed by atoms with Crippen LogP contribution in [-0.4, -0.2) is 5.97 Å². The van der Waals surface area contributed by atoms with Gasteiger partial charge in [0.15, 0.2) is 0 Å². The van der Waals surface area contributed by atoms with Crippen molar-refractivity contribution in [2.75, 3.05) is 0 Å². The molecular weight excluding hydrogens is 376 g/mol. The fourth-order valence-electron chi connectivity index (χ4n) is 2.70. The van der Waals surface area contributed by atoms with E-state index in [9.17, 15) is 9.59 Å². The number of esters is 1. The smallest absolute Gasteiger partial charge is 0.343 e. The van der Waals surface area contributed by atoms with Crippen LogP contribution in [0.1, 0.15) is 70.6 Å². The lowest BCUT2D eigenvalue weighted by molar-refractivity contribution is -0.131. The van der Waals surface area contributed by atoms with Gasteiger partial charge in [0.25, 0.3) is 0 Å². The summed E-state index contributed by atoms with van der Waals surface area (Å²) in [4.78, 5) is 24.5. The molecule has 4 nitrogen and oxygen atoms in total. The maximum atomic E-state index is 12.8. The van der Waals surface area contributed by atoms with E-state index in [0.717, 1.165) is 12.8 Å². The van der Waals surface area contributed by atoms with Crippen LogP contribution in [0, 0.1) is 23.7 Å². The van der Waals surface area contributed by atoms with Gasteiger partial charge in [0.2, 0.25) is 0 Å². The number of carbonyl (C=O) groups excluding carboxylic acids is 1. The van der Waals surface area contributed by atoms with E-state index in [0.29, 0.717) is 30.6 Å². The number of allylic oxidation sites excluding steroid dienone is 6. The Bertz CT molecular complexity index is 953. The van der Waals surface area contributed by atoms with Gasteiger partial charge in [-0.2, -0.15) is 0 Å². The van der Waals surface area contributed by atoms with Crippen LogP contribution in [0.25, 0.3) is 0 Å². The Morgan fingerprint density at radius 1 is 1.13 bits per heavy atom. The molecule has 1 unspecified atom stereocenters. The molecule has 30 heavy (non-hydrogen) atoms. The van der Waals surface area contributed by atoms with Gasteiger partial charge in [0.05, 0.1) is 5.56 Å². The molecule has 0 aromatic carbocycles. The summed E-state index contributed by atoms with van der Waals surface area (Å²) < 4.78 is 10.9. The van der Waals surface area contributed by atoms with Crippen molar-refractivity contribution in [1.29, 1.82) is 0 Å². The molecule has 1 rings (SSSR count). The molecule has 0 saturated heterocycles. The summed E-state index contributed by atoms with van der Waals surface area (Å²) in [6, 6.07) is 1.62. The summed E-state index contributed by atoms with van der Waals surface area (Å²) in [5, 5.41) is 0. The number of hydrogen-bond acceptors (Lipinski definition) is 4. The van der Waals surface area contributed by atoms with Crippen molar-refractivity contribution >= 4 is 5.97 Å². The molecule has 0 saturated carbocycles. The fourth-order valence-corrected chi connectivity index (χ4v) is 2.70. The van der Waals surface area contributed by atoms with Crippen LogP contribution in [0.4, 0.5) is 0 Å². The lowest BCUT2D eigenvalue weighted by atomic mass is 9.97. The third-order valence-corrected chi connectivity index (χ3v) is 4.02. The lowest BCUT2D eigenvalue weighted by Gasteiger charge is -2.13. The van der Waals surface area contributed by atoms with Crippen LogP contribution >= 0.6 is 0 Å². The Morgan fingerprint density at radius 2 is 1.87 bits per heavy atom. The van der Waals surface area contributed by atoms with Gasteiger partial charge < -0.3 is 9.15 Å². The molecule has 1 atom stereocenters. The molecule has 158 valence electrons. The highest BCUT2D eigenvalue weighted by Crippen LogP contribution is 2.28. The van der Waals surface area contributed by atoms with Crippen LogP contribution in [0.15, 0.2) is 51.7 Å². The van der Waals surface area contributed by atoms with Crippen LogP contribution in [0.3, 0.4) is 0 Å². The minimum Gasteiger partial charge on any atom is -0.427 e. The van der Waals surface area contributed by atoms with Crippen LogP contribution in [-0.2, 0) is 11.2 Å². The highest BCUT2D eigenvalue weighted by molar-refractivity contribution is 5.70. The van der Waals surface area contributed by atoms with E-state index in [-0.39, 0.29) is 5.75 Å². The van der Waals surface area contributed by atoms with Crippen molar-refractivity contribution in [1.82, 2.24) is 0 Å². The Labute approximate surface area is 179 Å². The van der Waals surface area contributed by atoms with Crippen LogP contribution in [0.5, 0.6) is 5.75 Å². The molecule has 0 N–H and O–H groups in total. The molecule has 4 heteroatoms. The molecule has 0 spiro atoms. The quantitative estimate of drug-likeness (QED) is 0.293. The minimum atomic E-state index is -0.516. The van der Waals surface area contributed by atoms with Crippen molar-refractivity contribution in [3.8, 4) is 29.4 Å². The van der Waals surface area contributed by atoms with E-state index in [4.69, 9.17) is 9.15 Å². The molecule has 0 aliphatic heterocycles. The Morgan fingerprint density at radius 3 is 2.53 bits per heavy atom. The molecule has 0 radical (unpaired) electrons. The fraction of sp³-hybridized carbons (Fsp3) is 0.385. The van der Waals surface area contributed by atoms with Gasteiger partial charge >= 0.3 is 11.6 Å². The van der Waals surface area contributed by atoms with Gasteiger partial charge in [-0.25, -0.2) is 4.79 Å². The summed E-state index contributed by atoms with van der Waals surface area (Å²) in [5.41, 5.74) is -0.217. The Kier molecular flexibility index (Phi) is 12.2. The first-order valence-electron chi connectivity index (χ1n) is 10.2. The van der Waals surface area contributed by atoms with Crippen molar-refractivity contribution in [2.24, 2.45) is 0 Å². The Hall–Kier alpha value is -3.24. The molecule has 1 aromatic heterocycles. The lowest BCUT2D eigenvalue weighted by Crippen LogP contribution is -2.16. The van der Waals surface area contributed by atoms with E-state index in [1.807, 2.05) is 24.3 Å². The molecule has 0 bridgehead atoms.